The number of carbonyl (C=O) groups is 2. The molecule has 18 heavy (non-hydrogen) atoms. The lowest BCUT2D eigenvalue weighted by Crippen LogP contribution is -2.36. The van der Waals surface area contributed by atoms with E-state index in [1.807, 2.05) is 0 Å². The van der Waals surface area contributed by atoms with E-state index in [9.17, 15) is 9.59 Å². The minimum absolute atomic E-state index is 0.0830. The maximum Gasteiger partial charge on any atom is 0.306 e. The third-order valence-electron chi connectivity index (χ3n) is 4.15. The van der Waals surface area contributed by atoms with Crippen molar-refractivity contribution >= 4 is 11.9 Å². The van der Waals surface area contributed by atoms with Crippen LogP contribution in [0.4, 0.5) is 0 Å². The van der Waals surface area contributed by atoms with Gasteiger partial charge in [-0.25, -0.2) is 0 Å². The topological polar surface area (TPSA) is 66.4 Å². The quantitative estimate of drug-likeness (QED) is 0.751. The van der Waals surface area contributed by atoms with Gasteiger partial charge in [-0.1, -0.05) is 18.6 Å². The maximum absolute atomic E-state index is 11.9. The fraction of sp³-hybridized carbons (Fsp3) is 0.714. The molecule has 1 amide bonds. The van der Waals surface area contributed by atoms with Crippen LogP contribution in [0.15, 0.2) is 12.2 Å². The number of carbonyl (C=O) groups excluding carboxylic acids is 1. The molecule has 1 fully saturated rings. The van der Waals surface area contributed by atoms with Crippen molar-refractivity contribution in [1.82, 2.24) is 5.32 Å². The Morgan fingerprint density at radius 3 is 2.72 bits per heavy atom. The Morgan fingerprint density at radius 1 is 1.22 bits per heavy atom. The van der Waals surface area contributed by atoms with Gasteiger partial charge in [-0.2, -0.15) is 0 Å². The first kappa shape index (κ1) is 13.1. The number of carboxylic acid groups (broad SMARTS) is 1. The van der Waals surface area contributed by atoms with Gasteiger partial charge in [-0.3, -0.25) is 9.59 Å². The van der Waals surface area contributed by atoms with Gasteiger partial charge in [0, 0.05) is 12.5 Å². The molecule has 4 heteroatoms. The number of nitrogens with one attached hydrogen (secondary N) is 1. The van der Waals surface area contributed by atoms with Crippen LogP contribution in [-0.2, 0) is 9.59 Å². The number of rotatable bonds is 4. The molecule has 2 N–H and O–H groups in total. The normalized spacial score (nSPS) is 31.2. The first-order valence-corrected chi connectivity index (χ1v) is 6.84. The van der Waals surface area contributed by atoms with E-state index in [1.54, 1.807) is 0 Å². The van der Waals surface area contributed by atoms with Crippen LogP contribution in [0.2, 0.25) is 0 Å². The molecule has 3 atom stereocenters. The van der Waals surface area contributed by atoms with Gasteiger partial charge >= 0.3 is 5.97 Å². The van der Waals surface area contributed by atoms with Crippen molar-refractivity contribution in [2.75, 3.05) is 6.54 Å². The number of hydrogen-bond donors (Lipinski definition) is 2. The second-order valence-electron chi connectivity index (χ2n) is 5.36. The monoisotopic (exact) mass is 251 g/mol. The molecule has 100 valence electrons. The van der Waals surface area contributed by atoms with Crippen molar-refractivity contribution in [3.63, 3.8) is 0 Å². The highest BCUT2D eigenvalue weighted by atomic mass is 16.4. The summed E-state index contributed by atoms with van der Waals surface area (Å²) in [6, 6.07) is 0. The predicted octanol–water partition coefficient (Wildman–Crippen LogP) is 1.96. The zero-order chi connectivity index (χ0) is 13.0. The molecule has 3 unspecified atom stereocenters. The van der Waals surface area contributed by atoms with Crippen molar-refractivity contribution in [1.29, 1.82) is 0 Å². The van der Waals surface area contributed by atoms with Crippen LogP contribution in [0.5, 0.6) is 0 Å². The third kappa shape index (κ3) is 3.12. The van der Waals surface area contributed by atoms with Crippen molar-refractivity contribution in [2.45, 2.75) is 38.5 Å². The first-order chi connectivity index (χ1) is 8.68. The minimum atomic E-state index is -0.715. The molecule has 2 aliphatic carbocycles. The van der Waals surface area contributed by atoms with Crippen LogP contribution in [0, 0.1) is 17.8 Å². The van der Waals surface area contributed by atoms with Gasteiger partial charge in [-0.15, -0.1) is 0 Å². The van der Waals surface area contributed by atoms with Gasteiger partial charge in [-0.05, 0) is 38.0 Å². The predicted molar refractivity (Wildman–Crippen MR) is 68.0 cm³/mol. The molecule has 0 aliphatic heterocycles. The van der Waals surface area contributed by atoms with Crippen LogP contribution in [0.1, 0.15) is 38.5 Å². The molecule has 2 rings (SSSR count). The Bertz CT molecular complexity index is 351. The summed E-state index contributed by atoms with van der Waals surface area (Å²) in [6.45, 7) is 0.524. The number of aliphatic carboxylic acids is 1. The average molecular weight is 251 g/mol. The molecule has 2 aliphatic rings. The van der Waals surface area contributed by atoms with E-state index in [2.05, 4.69) is 17.5 Å². The molecular formula is C14H21NO3. The summed E-state index contributed by atoms with van der Waals surface area (Å²) in [4.78, 5) is 23.0. The average Bonchev–Trinajstić information content (AvgIpc) is 2.85. The molecule has 0 saturated heterocycles. The van der Waals surface area contributed by atoms with Crippen molar-refractivity contribution < 1.29 is 14.7 Å². The van der Waals surface area contributed by atoms with Crippen LogP contribution < -0.4 is 5.32 Å². The van der Waals surface area contributed by atoms with E-state index >= 15 is 0 Å². The largest absolute Gasteiger partial charge is 0.481 e. The summed E-state index contributed by atoms with van der Waals surface area (Å²) in [5.74, 6) is -0.690. The van der Waals surface area contributed by atoms with Gasteiger partial charge < -0.3 is 10.4 Å². The van der Waals surface area contributed by atoms with E-state index in [4.69, 9.17) is 5.11 Å². The van der Waals surface area contributed by atoms with Crippen molar-refractivity contribution in [3.8, 4) is 0 Å². The van der Waals surface area contributed by atoms with Gasteiger partial charge in [0.25, 0.3) is 0 Å². The maximum atomic E-state index is 11.9. The second-order valence-corrected chi connectivity index (χ2v) is 5.36. The van der Waals surface area contributed by atoms with Gasteiger partial charge in [0.2, 0.25) is 5.91 Å². The SMILES string of the molecule is O=C(NCC1CCCC1C(=O)O)C1CC=CCC1. The van der Waals surface area contributed by atoms with Crippen LogP contribution in [-0.4, -0.2) is 23.5 Å². The lowest BCUT2D eigenvalue weighted by atomic mass is 9.92. The highest BCUT2D eigenvalue weighted by Gasteiger charge is 2.33. The Morgan fingerprint density at radius 2 is 2.06 bits per heavy atom. The molecule has 1 saturated carbocycles. The van der Waals surface area contributed by atoms with E-state index in [0.29, 0.717) is 6.54 Å². The molecular weight excluding hydrogens is 230 g/mol. The zero-order valence-electron chi connectivity index (χ0n) is 10.6. The molecule has 4 nitrogen and oxygen atoms in total. The number of amides is 1. The number of allylic oxidation sites excluding steroid dienone is 2. The standard InChI is InChI=1S/C14H21NO3/c16-13(10-5-2-1-3-6-10)15-9-11-7-4-8-12(11)14(17)18/h1-2,10-12H,3-9H2,(H,15,16)(H,17,18). The van der Waals surface area contributed by atoms with Gasteiger partial charge in [0.15, 0.2) is 0 Å². The highest BCUT2D eigenvalue weighted by Crippen LogP contribution is 2.31. The molecule has 0 aromatic rings. The number of carboxylic acids is 1. The summed E-state index contributed by atoms with van der Waals surface area (Å²) >= 11 is 0. The van der Waals surface area contributed by atoms with E-state index < -0.39 is 5.97 Å². The Kier molecular flexibility index (Phi) is 4.39. The third-order valence-corrected chi connectivity index (χ3v) is 4.15. The molecule has 0 spiro atoms. The Labute approximate surface area is 107 Å². The van der Waals surface area contributed by atoms with Crippen LogP contribution in [0.25, 0.3) is 0 Å². The Balaban J connectivity index is 1.78. The highest BCUT2D eigenvalue weighted by molar-refractivity contribution is 5.79. The zero-order valence-corrected chi connectivity index (χ0v) is 10.6. The molecule has 0 aromatic heterocycles. The first-order valence-electron chi connectivity index (χ1n) is 6.84. The van der Waals surface area contributed by atoms with Crippen molar-refractivity contribution in [3.05, 3.63) is 12.2 Å². The minimum Gasteiger partial charge on any atom is -0.481 e. The number of hydrogen-bond acceptors (Lipinski definition) is 2. The summed E-state index contributed by atoms with van der Waals surface area (Å²) in [5.41, 5.74) is 0. The fourth-order valence-corrected chi connectivity index (χ4v) is 3.01. The summed E-state index contributed by atoms with van der Waals surface area (Å²) in [7, 11) is 0. The molecule has 0 aromatic carbocycles. The smallest absolute Gasteiger partial charge is 0.306 e. The summed E-state index contributed by atoms with van der Waals surface area (Å²) in [6.07, 6.45) is 9.51. The molecule has 0 bridgehead atoms. The second kappa shape index (κ2) is 6.03. The fourth-order valence-electron chi connectivity index (χ4n) is 3.01. The van der Waals surface area contributed by atoms with E-state index in [-0.39, 0.29) is 23.7 Å². The van der Waals surface area contributed by atoms with Gasteiger partial charge in [0.1, 0.15) is 0 Å². The molecule has 0 heterocycles. The summed E-state index contributed by atoms with van der Waals surface area (Å²) < 4.78 is 0. The van der Waals surface area contributed by atoms with Crippen LogP contribution in [0.3, 0.4) is 0 Å². The van der Waals surface area contributed by atoms with E-state index in [0.717, 1.165) is 38.5 Å². The molecule has 0 radical (unpaired) electrons. The van der Waals surface area contributed by atoms with Crippen LogP contribution >= 0.6 is 0 Å². The lowest BCUT2D eigenvalue weighted by Gasteiger charge is -2.20. The Hall–Kier alpha value is -1.32. The van der Waals surface area contributed by atoms with E-state index in [1.165, 1.54) is 0 Å². The summed E-state index contributed by atoms with van der Waals surface area (Å²) in [5, 5.41) is 12.0. The van der Waals surface area contributed by atoms with Gasteiger partial charge in [0.05, 0.1) is 5.92 Å². The van der Waals surface area contributed by atoms with Crippen molar-refractivity contribution in [2.24, 2.45) is 17.8 Å². The lowest BCUT2D eigenvalue weighted by molar-refractivity contribution is -0.143.